The molecule has 42 heavy (non-hydrogen) atoms. The highest BCUT2D eigenvalue weighted by Gasteiger charge is 2.31. The topological polar surface area (TPSA) is 126 Å². The van der Waals surface area contributed by atoms with Crippen molar-refractivity contribution in [3.8, 4) is 5.75 Å². The molecule has 11 nitrogen and oxygen atoms in total. The Morgan fingerprint density at radius 2 is 1.86 bits per heavy atom. The first kappa shape index (κ1) is 30.3. The predicted octanol–water partition coefficient (Wildman–Crippen LogP) is 4.05. The zero-order valence-electron chi connectivity index (χ0n) is 23.6. The monoisotopic (exact) mass is 582 g/mol. The van der Waals surface area contributed by atoms with E-state index >= 15 is 0 Å². The van der Waals surface area contributed by atoms with Gasteiger partial charge in [-0.25, -0.2) is 18.6 Å². The van der Waals surface area contributed by atoms with E-state index < -0.39 is 23.7 Å². The van der Waals surface area contributed by atoms with Crippen molar-refractivity contribution in [2.45, 2.75) is 26.0 Å². The molecule has 1 aliphatic heterocycles. The number of carbonyl (C=O) groups is 3. The molecule has 4 amide bonds. The molecular formula is C29H32F2N6O5. The van der Waals surface area contributed by atoms with Crippen LogP contribution in [0.3, 0.4) is 0 Å². The van der Waals surface area contributed by atoms with Gasteiger partial charge in [0.05, 0.1) is 29.6 Å². The normalized spacial score (nSPS) is 19.6. The quantitative estimate of drug-likeness (QED) is 0.476. The van der Waals surface area contributed by atoms with Crippen molar-refractivity contribution in [2.75, 3.05) is 44.5 Å². The number of aromatic nitrogens is 2. The molecule has 1 aromatic heterocycles. The number of carbonyl (C=O) groups excluding carboxylic acids is 3. The fourth-order valence-corrected chi connectivity index (χ4v) is 4.57. The van der Waals surface area contributed by atoms with Crippen molar-refractivity contribution in [1.29, 1.82) is 0 Å². The molecule has 2 aromatic carbocycles. The Morgan fingerprint density at radius 3 is 2.57 bits per heavy atom. The summed E-state index contributed by atoms with van der Waals surface area (Å²) in [6, 6.07) is 5.84. The minimum Gasteiger partial charge on any atom is -0.491 e. The lowest BCUT2D eigenvalue weighted by Gasteiger charge is -2.35. The van der Waals surface area contributed by atoms with E-state index in [1.54, 1.807) is 19.1 Å². The van der Waals surface area contributed by atoms with Crippen LogP contribution in [0.2, 0.25) is 0 Å². The van der Waals surface area contributed by atoms with Gasteiger partial charge in [0.1, 0.15) is 29.7 Å². The van der Waals surface area contributed by atoms with Crippen LogP contribution < -0.4 is 15.4 Å². The fourth-order valence-electron chi connectivity index (χ4n) is 4.57. The largest absolute Gasteiger partial charge is 0.491 e. The number of fused-ring (bicyclic) bond motifs is 1. The van der Waals surface area contributed by atoms with E-state index in [9.17, 15) is 23.2 Å². The molecule has 1 aliphatic rings. The number of hydrogen-bond acceptors (Lipinski definition) is 7. The first-order valence-electron chi connectivity index (χ1n) is 13.2. The van der Waals surface area contributed by atoms with E-state index in [0.29, 0.717) is 6.54 Å². The van der Waals surface area contributed by atoms with Gasteiger partial charge < -0.3 is 29.9 Å². The number of likely N-dealkylation sites (N-methyl/N-ethyl adjacent to an activating group) is 1. The van der Waals surface area contributed by atoms with Crippen molar-refractivity contribution in [2.24, 2.45) is 5.92 Å². The number of nitrogens with one attached hydrogen (secondary N) is 2. The standard InChI is InChI=1S/C29H32F2N6O5/c1-17-14-37(28(39)24-13-32-9-10-33-24)18(2)16-42-25-12-20(6-7-21(25)27(38)36(3)15-26(17)41-4)34-29(40)35-23-11-19(30)5-8-22(23)31/h5-13,17-18,26H,14-16H2,1-4H3,(H2,34,35,40)/t17-,18+,26-/m0/s1. The summed E-state index contributed by atoms with van der Waals surface area (Å²) < 4.78 is 39.3. The predicted molar refractivity (Wildman–Crippen MR) is 150 cm³/mol. The summed E-state index contributed by atoms with van der Waals surface area (Å²) in [7, 11) is 3.19. The summed E-state index contributed by atoms with van der Waals surface area (Å²) in [5, 5.41) is 4.79. The van der Waals surface area contributed by atoms with E-state index in [2.05, 4.69) is 20.6 Å². The highest BCUT2D eigenvalue weighted by Crippen LogP contribution is 2.27. The van der Waals surface area contributed by atoms with Crippen molar-refractivity contribution in [3.63, 3.8) is 0 Å². The molecule has 4 rings (SSSR count). The summed E-state index contributed by atoms with van der Waals surface area (Å²) in [6.45, 7) is 4.29. The Balaban J connectivity index is 1.62. The Kier molecular flexibility index (Phi) is 9.63. The van der Waals surface area contributed by atoms with Gasteiger partial charge in [0.2, 0.25) is 0 Å². The third-order valence-corrected chi connectivity index (χ3v) is 6.92. The molecular weight excluding hydrogens is 550 g/mol. The SMILES string of the molecule is CO[C@H]1CN(C)C(=O)c2ccc(NC(=O)Nc3cc(F)ccc3F)cc2OC[C@@H](C)N(C(=O)c2cnccn2)C[C@@H]1C. The number of methoxy groups -OCH3 is 1. The highest BCUT2D eigenvalue weighted by atomic mass is 19.1. The van der Waals surface area contributed by atoms with Crippen LogP contribution in [0, 0.1) is 17.6 Å². The highest BCUT2D eigenvalue weighted by molar-refractivity contribution is 6.01. The number of urea groups is 1. The van der Waals surface area contributed by atoms with Crippen LogP contribution in [0.25, 0.3) is 0 Å². The van der Waals surface area contributed by atoms with Crippen molar-refractivity contribution < 1.29 is 32.6 Å². The molecule has 3 aromatic rings. The zero-order chi connectivity index (χ0) is 30.4. The molecule has 3 atom stereocenters. The third kappa shape index (κ3) is 7.16. The maximum atomic E-state index is 14.0. The smallest absolute Gasteiger partial charge is 0.323 e. The second-order valence-electron chi connectivity index (χ2n) is 10.1. The maximum absolute atomic E-state index is 14.0. The van der Waals surface area contributed by atoms with Crippen LogP contribution in [-0.2, 0) is 4.74 Å². The number of hydrogen-bond donors (Lipinski definition) is 2. The second kappa shape index (κ2) is 13.3. The molecule has 222 valence electrons. The Labute approximate surface area is 241 Å². The number of amides is 4. The van der Waals surface area contributed by atoms with Gasteiger partial charge in [-0.05, 0) is 31.2 Å². The lowest BCUT2D eigenvalue weighted by molar-refractivity contribution is 0.0109. The molecule has 0 radical (unpaired) electrons. The lowest BCUT2D eigenvalue weighted by atomic mass is 10.0. The molecule has 0 saturated carbocycles. The van der Waals surface area contributed by atoms with E-state index in [-0.39, 0.29) is 65.4 Å². The molecule has 0 fully saturated rings. The van der Waals surface area contributed by atoms with E-state index in [4.69, 9.17) is 9.47 Å². The molecule has 0 aliphatic carbocycles. The lowest BCUT2D eigenvalue weighted by Crippen LogP contribution is -2.48. The summed E-state index contributed by atoms with van der Waals surface area (Å²) in [5.74, 6) is -2.19. The average molecular weight is 583 g/mol. The van der Waals surface area contributed by atoms with Gasteiger partial charge in [0, 0.05) is 63.4 Å². The molecule has 13 heteroatoms. The van der Waals surface area contributed by atoms with Crippen molar-refractivity contribution in [3.05, 3.63) is 77.9 Å². The third-order valence-electron chi connectivity index (χ3n) is 6.92. The fraction of sp³-hybridized carbons (Fsp3) is 0.345. The summed E-state index contributed by atoms with van der Waals surface area (Å²) in [6.07, 6.45) is 3.93. The minimum atomic E-state index is -0.831. The Bertz CT molecular complexity index is 1440. The number of ether oxygens (including phenoxy) is 2. The van der Waals surface area contributed by atoms with Crippen LogP contribution >= 0.6 is 0 Å². The summed E-state index contributed by atoms with van der Waals surface area (Å²) in [5.41, 5.74) is 0.295. The van der Waals surface area contributed by atoms with Crippen LogP contribution in [0.4, 0.5) is 25.0 Å². The Morgan fingerprint density at radius 1 is 1.07 bits per heavy atom. The number of rotatable bonds is 4. The number of benzene rings is 2. The summed E-state index contributed by atoms with van der Waals surface area (Å²) >= 11 is 0. The van der Waals surface area contributed by atoms with E-state index in [0.717, 1.165) is 18.2 Å². The first-order valence-corrected chi connectivity index (χ1v) is 13.2. The number of nitrogens with zero attached hydrogens (tertiary/aromatic N) is 4. The van der Waals surface area contributed by atoms with Gasteiger partial charge in [0.25, 0.3) is 11.8 Å². The van der Waals surface area contributed by atoms with Gasteiger partial charge in [0.15, 0.2) is 0 Å². The van der Waals surface area contributed by atoms with Crippen LogP contribution in [0.5, 0.6) is 5.75 Å². The van der Waals surface area contributed by atoms with Crippen molar-refractivity contribution in [1.82, 2.24) is 19.8 Å². The van der Waals surface area contributed by atoms with Crippen LogP contribution in [0.15, 0.2) is 55.0 Å². The van der Waals surface area contributed by atoms with Gasteiger partial charge in [-0.2, -0.15) is 0 Å². The van der Waals surface area contributed by atoms with Crippen LogP contribution in [0.1, 0.15) is 34.7 Å². The van der Waals surface area contributed by atoms with Gasteiger partial charge in [-0.1, -0.05) is 6.92 Å². The van der Waals surface area contributed by atoms with Gasteiger partial charge >= 0.3 is 6.03 Å². The van der Waals surface area contributed by atoms with Gasteiger partial charge in [-0.3, -0.25) is 14.6 Å². The minimum absolute atomic E-state index is 0.00448. The number of halogens is 2. The first-order chi connectivity index (χ1) is 20.1. The molecule has 2 N–H and O–H groups in total. The zero-order valence-corrected chi connectivity index (χ0v) is 23.6. The average Bonchev–Trinajstić information content (AvgIpc) is 2.98. The Hall–Kier alpha value is -4.65. The van der Waals surface area contributed by atoms with Crippen molar-refractivity contribution >= 4 is 29.2 Å². The molecule has 2 heterocycles. The summed E-state index contributed by atoms with van der Waals surface area (Å²) in [4.78, 5) is 50.7. The maximum Gasteiger partial charge on any atom is 0.323 e. The molecule has 0 saturated heterocycles. The number of anilines is 2. The van der Waals surface area contributed by atoms with E-state index in [1.165, 1.54) is 41.7 Å². The van der Waals surface area contributed by atoms with E-state index in [1.807, 2.05) is 13.8 Å². The van der Waals surface area contributed by atoms with Crippen LogP contribution in [-0.4, -0.2) is 83.6 Å². The van der Waals surface area contributed by atoms with Gasteiger partial charge in [-0.15, -0.1) is 0 Å². The molecule has 0 unspecified atom stereocenters. The molecule has 0 bridgehead atoms. The molecule has 0 spiro atoms. The second-order valence-corrected chi connectivity index (χ2v) is 10.1.